The maximum atomic E-state index is 12.6. The molecule has 3 rings (SSSR count). The zero-order valence-electron chi connectivity index (χ0n) is 15.1. The second-order valence-corrected chi connectivity index (χ2v) is 7.60. The number of phenols is 1. The molecule has 2 aliphatic heterocycles. The number of rotatable bonds is 5. The number of halogens is 1. The summed E-state index contributed by atoms with van der Waals surface area (Å²) in [6.07, 6.45) is 3.01. The SMILES string of the molecule is C=CC(=O)N1CC2CN(C(=O)CCc3cc(CC)c(Cl)cc3O)CC2C1. The van der Waals surface area contributed by atoms with Crippen LogP contribution in [-0.4, -0.2) is 52.9 Å². The minimum atomic E-state index is -0.0257. The van der Waals surface area contributed by atoms with E-state index in [1.165, 1.54) is 6.08 Å². The summed E-state index contributed by atoms with van der Waals surface area (Å²) in [5, 5.41) is 10.6. The first-order valence-corrected chi connectivity index (χ1v) is 9.50. The molecule has 2 aliphatic rings. The standard InChI is InChI=1S/C20H25ClN2O3/c1-3-13-7-14(18(24)8-17(13)21)5-6-20(26)23-11-15-9-22(19(25)4-2)10-16(15)12-23/h4,7-8,15-16,24H,2-3,5-6,9-12H2,1H3. The summed E-state index contributed by atoms with van der Waals surface area (Å²) in [4.78, 5) is 28.0. The number of aromatic hydroxyl groups is 1. The molecule has 1 aromatic carbocycles. The molecule has 2 atom stereocenters. The lowest BCUT2D eigenvalue weighted by Crippen LogP contribution is -2.35. The second-order valence-electron chi connectivity index (χ2n) is 7.19. The van der Waals surface area contributed by atoms with Gasteiger partial charge in [0.15, 0.2) is 0 Å². The molecule has 2 amide bonds. The number of phenolic OH excluding ortho intramolecular Hbond substituents is 1. The van der Waals surface area contributed by atoms with Gasteiger partial charge >= 0.3 is 0 Å². The Bertz CT molecular complexity index is 720. The maximum absolute atomic E-state index is 12.6. The van der Waals surface area contributed by atoms with Gasteiger partial charge in [0, 0.05) is 49.5 Å². The first-order chi connectivity index (χ1) is 12.4. The molecule has 140 valence electrons. The van der Waals surface area contributed by atoms with Gasteiger partial charge in [-0.3, -0.25) is 9.59 Å². The molecule has 26 heavy (non-hydrogen) atoms. The third-order valence-electron chi connectivity index (χ3n) is 5.56. The van der Waals surface area contributed by atoms with Crippen LogP contribution in [0.15, 0.2) is 24.8 Å². The van der Waals surface area contributed by atoms with Crippen molar-refractivity contribution in [2.45, 2.75) is 26.2 Å². The van der Waals surface area contributed by atoms with Crippen molar-refractivity contribution in [2.75, 3.05) is 26.2 Å². The fourth-order valence-electron chi connectivity index (χ4n) is 4.04. The van der Waals surface area contributed by atoms with Crippen molar-refractivity contribution in [3.8, 4) is 5.75 Å². The molecule has 2 fully saturated rings. The molecule has 0 bridgehead atoms. The number of hydrogen-bond donors (Lipinski definition) is 1. The van der Waals surface area contributed by atoms with E-state index in [4.69, 9.17) is 11.6 Å². The molecule has 0 spiro atoms. The molecule has 2 unspecified atom stereocenters. The first-order valence-electron chi connectivity index (χ1n) is 9.12. The number of amides is 2. The fraction of sp³-hybridized carbons (Fsp3) is 0.500. The van der Waals surface area contributed by atoms with Gasteiger partial charge in [-0.05, 0) is 36.1 Å². The maximum Gasteiger partial charge on any atom is 0.245 e. The molecule has 1 aromatic rings. The third-order valence-corrected chi connectivity index (χ3v) is 5.91. The van der Waals surface area contributed by atoms with Crippen LogP contribution in [0.1, 0.15) is 24.5 Å². The topological polar surface area (TPSA) is 60.9 Å². The summed E-state index contributed by atoms with van der Waals surface area (Å²) in [5.41, 5.74) is 1.75. The van der Waals surface area contributed by atoms with Gasteiger partial charge in [0.1, 0.15) is 5.75 Å². The average Bonchev–Trinajstić information content (AvgIpc) is 3.19. The summed E-state index contributed by atoms with van der Waals surface area (Å²) in [5.74, 6) is 0.949. The Morgan fingerprint density at radius 3 is 2.38 bits per heavy atom. The minimum absolute atomic E-state index is 0.0257. The number of hydrogen-bond acceptors (Lipinski definition) is 3. The van der Waals surface area contributed by atoms with Gasteiger partial charge in [-0.15, -0.1) is 0 Å². The smallest absolute Gasteiger partial charge is 0.245 e. The van der Waals surface area contributed by atoms with E-state index in [1.807, 2.05) is 22.8 Å². The highest BCUT2D eigenvalue weighted by molar-refractivity contribution is 6.31. The highest BCUT2D eigenvalue weighted by Gasteiger charge is 2.42. The summed E-state index contributed by atoms with van der Waals surface area (Å²) < 4.78 is 0. The number of likely N-dealkylation sites (tertiary alicyclic amines) is 2. The second kappa shape index (κ2) is 7.70. The molecular formula is C20H25ClN2O3. The van der Waals surface area contributed by atoms with Crippen LogP contribution in [0.5, 0.6) is 5.75 Å². The highest BCUT2D eigenvalue weighted by atomic mass is 35.5. The molecule has 0 aliphatic carbocycles. The van der Waals surface area contributed by atoms with E-state index in [2.05, 4.69) is 6.58 Å². The molecule has 2 saturated heterocycles. The molecule has 1 N–H and O–H groups in total. The molecule has 2 heterocycles. The van der Waals surface area contributed by atoms with Gasteiger partial charge in [-0.2, -0.15) is 0 Å². The van der Waals surface area contributed by atoms with Gasteiger partial charge in [0.25, 0.3) is 0 Å². The molecule has 0 radical (unpaired) electrons. The average molecular weight is 377 g/mol. The molecule has 0 aromatic heterocycles. The molecular weight excluding hydrogens is 352 g/mol. The Kier molecular flexibility index (Phi) is 5.56. The van der Waals surface area contributed by atoms with Crippen LogP contribution in [0.25, 0.3) is 0 Å². The number of carbonyl (C=O) groups excluding carboxylic acids is 2. The van der Waals surface area contributed by atoms with Crippen molar-refractivity contribution >= 4 is 23.4 Å². The lowest BCUT2D eigenvalue weighted by Gasteiger charge is -2.21. The van der Waals surface area contributed by atoms with E-state index in [1.54, 1.807) is 6.07 Å². The van der Waals surface area contributed by atoms with Crippen LogP contribution < -0.4 is 0 Å². The Hall–Kier alpha value is -2.01. The fourth-order valence-corrected chi connectivity index (χ4v) is 4.33. The van der Waals surface area contributed by atoms with Crippen molar-refractivity contribution in [2.24, 2.45) is 11.8 Å². The monoisotopic (exact) mass is 376 g/mol. The van der Waals surface area contributed by atoms with Crippen LogP contribution in [-0.2, 0) is 22.4 Å². The summed E-state index contributed by atoms with van der Waals surface area (Å²) in [6, 6.07) is 3.45. The lowest BCUT2D eigenvalue weighted by atomic mass is 10.0. The zero-order chi connectivity index (χ0) is 18.8. The number of fused-ring (bicyclic) bond motifs is 1. The van der Waals surface area contributed by atoms with Crippen LogP contribution in [0.2, 0.25) is 5.02 Å². The Morgan fingerprint density at radius 1 is 1.19 bits per heavy atom. The third kappa shape index (κ3) is 3.73. The molecule has 5 nitrogen and oxygen atoms in total. The lowest BCUT2D eigenvalue weighted by molar-refractivity contribution is -0.130. The van der Waals surface area contributed by atoms with E-state index in [9.17, 15) is 14.7 Å². The van der Waals surface area contributed by atoms with Crippen LogP contribution in [0.3, 0.4) is 0 Å². The summed E-state index contributed by atoms with van der Waals surface area (Å²) >= 11 is 6.10. The Morgan fingerprint density at radius 2 is 1.81 bits per heavy atom. The first kappa shape index (κ1) is 18.8. The highest BCUT2D eigenvalue weighted by Crippen LogP contribution is 2.32. The number of nitrogens with zero attached hydrogens (tertiary/aromatic N) is 2. The predicted molar refractivity (Wildman–Crippen MR) is 101 cm³/mol. The van der Waals surface area contributed by atoms with E-state index in [-0.39, 0.29) is 17.6 Å². The van der Waals surface area contributed by atoms with Gasteiger partial charge in [-0.25, -0.2) is 0 Å². The van der Waals surface area contributed by atoms with Crippen molar-refractivity contribution in [1.82, 2.24) is 9.80 Å². The van der Waals surface area contributed by atoms with Crippen LogP contribution in [0.4, 0.5) is 0 Å². The van der Waals surface area contributed by atoms with Crippen LogP contribution >= 0.6 is 11.6 Å². The summed E-state index contributed by atoms with van der Waals surface area (Å²) in [7, 11) is 0. The minimum Gasteiger partial charge on any atom is -0.508 e. The van der Waals surface area contributed by atoms with Crippen molar-refractivity contribution in [1.29, 1.82) is 0 Å². The van der Waals surface area contributed by atoms with Crippen molar-refractivity contribution in [3.05, 3.63) is 40.9 Å². The summed E-state index contributed by atoms with van der Waals surface area (Å²) in [6.45, 7) is 8.37. The van der Waals surface area contributed by atoms with E-state index >= 15 is 0 Å². The zero-order valence-corrected chi connectivity index (χ0v) is 15.8. The largest absolute Gasteiger partial charge is 0.508 e. The van der Waals surface area contributed by atoms with E-state index < -0.39 is 0 Å². The Balaban J connectivity index is 1.55. The van der Waals surface area contributed by atoms with Crippen LogP contribution in [0, 0.1) is 11.8 Å². The van der Waals surface area contributed by atoms with Crippen molar-refractivity contribution in [3.63, 3.8) is 0 Å². The van der Waals surface area contributed by atoms with E-state index in [0.29, 0.717) is 55.9 Å². The van der Waals surface area contributed by atoms with Gasteiger partial charge in [0.2, 0.25) is 11.8 Å². The predicted octanol–water partition coefficient (Wildman–Crippen LogP) is 2.64. The Labute approximate surface area is 159 Å². The molecule has 6 heteroatoms. The van der Waals surface area contributed by atoms with Gasteiger partial charge in [0.05, 0.1) is 0 Å². The number of aryl methyl sites for hydroxylation is 2. The molecule has 0 saturated carbocycles. The van der Waals surface area contributed by atoms with Gasteiger partial charge < -0.3 is 14.9 Å². The van der Waals surface area contributed by atoms with E-state index in [0.717, 1.165) is 17.5 Å². The van der Waals surface area contributed by atoms with Crippen molar-refractivity contribution < 1.29 is 14.7 Å². The van der Waals surface area contributed by atoms with Gasteiger partial charge in [-0.1, -0.05) is 31.2 Å². The number of carbonyl (C=O) groups is 2. The quantitative estimate of drug-likeness (QED) is 0.803. The number of benzene rings is 1. The normalized spacial score (nSPS) is 21.8.